The molecule has 1 unspecified atom stereocenters. The van der Waals surface area contributed by atoms with E-state index in [0.717, 1.165) is 0 Å². The van der Waals surface area contributed by atoms with Crippen LogP contribution in [0.25, 0.3) is 0 Å². The minimum Gasteiger partial charge on any atom is -0.388 e. The molecule has 2 aliphatic rings. The number of hydrogen-bond acceptors (Lipinski definition) is 4. The first-order valence-electron chi connectivity index (χ1n) is 3.38. The number of rotatable bonds is 0. The Hall–Kier alpha value is -0.160. The molecule has 0 aromatic rings. The average molecular weight is 150 g/mol. The molecule has 62 valence electrons. The van der Waals surface area contributed by atoms with Crippen molar-refractivity contribution in [3.63, 3.8) is 0 Å². The van der Waals surface area contributed by atoms with Crippen molar-refractivity contribution in [2.75, 3.05) is 13.2 Å². The molecule has 4 heteroatoms. The van der Waals surface area contributed by atoms with Crippen LogP contribution >= 0.6 is 0 Å². The van der Waals surface area contributed by atoms with Gasteiger partial charge in [0.15, 0.2) is 0 Å². The van der Waals surface area contributed by atoms with Crippen LogP contribution < -0.4 is 0 Å². The molecule has 0 saturated carbocycles. The predicted molar refractivity (Wildman–Crippen MR) is 35.7 cm³/mol. The van der Waals surface area contributed by atoms with Crippen LogP contribution in [0.3, 0.4) is 0 Å². The third-order valence-corrected chi connectivity index (χ3v) is 2.00. The first-order chi connectivity index (χ1) is 4.79. The summed E-state index contributed by atoms with van der Waals surface area (Å²) in [6.07, 6.45) is -1.70. The van der Waals surface area contributed by atoms with Gasteiger partial charge in [0, 0.05) is 2.85 Å². The number of aliphatic hydroxyl groups is 2. The molecule has 0 spiro atoms. The molecule has 4 nitrogen and oxygen atoms in total. The number of fused-ring (bicyclic) bond motifs is 1. The molecule has 0 aromatic carbocycles. The zero-order chi connectivity index (χ0) is 7.14. The highest BCUT2D eigenvalue weighted by Crippen LogP contribution is 2.26. The minimum atomic E-state index is -0.554. The fourth-order valence-electron chi connectivity index (χ4n) is 1.46. The third kappa shape index (κ3) is 0.769. The molecule has 4 atom stereocenters. The van der Waals surface area contributed by atoms with Gasteiger partial charge in [-0.3, -0.25) is 0 Å². The van der Waals surface area contributed by atoms with Gasteiger partial charge in [-0.1, -0.05) is 0 Å². The highest BCUT2D eigenvalue weighted by Gasteiger charge is 2.46. The molecule has 2 N–H and O–H groups in total. The van der Waals surface area contributed by atoms with Crippen LogP contribution in [0.4, 0.5) is 0 Å². The van der Waals surface area contributed by atoms with Crippen LogP contribution in [-0.2, 0) is 9.47 Å². The Morgan fingerprint density at radius 2 is 1.40 bits per heavy atom. The highest BCUT2D eigenvalue weighted by atomic mass is 16.6. The predicted octanol–water partition coefficient (Wildman–Crippen LogP) is -1.00. The van der Waals surface area contributed by atoms with E-state index in [1.165, 1.54) is 0 Å². The van der Waals surface area contributed by atoms with Crippen molar-refractivity contribution in [1.82, 2.24) is 0 Å². The SMILES string of the molecule is OC1CO[C@@H]2[C@H](O)CO[C@H]12.[HH].[HH]. The van der Waals surface area contributed by atoms with Gasteiger partial charge in [-0.05, 0) is 0 Å². The monoisotopic (exact) mass is 150 g/mol. The quantitative estimate of drug-likeness (QED) is 0.465. The summed E-state index contributed by atoms with van der Waals surface area (Å²) in [5.41, 5.74) is 0. The third-order valence-electron chi connectivity index (χ3n) is 2.00. The van der Waals surface area contributed by atoms with Crippen molar-refractivity contribution in [2.45, 2.75) is 24.4 Å². The van der Waals surface area contributed by atoms with Crippen molar-refractivity contribution < 1.29 is 22.5 Å². The van der Waals surface area contributed by atoms with Crippen molar-refractivity contribution in [3.05, 3.63) is 0 Å². The summed E-state index contributed by atoms with van der Waals surface area (Å²) in [4.78, 5) is 0. The summed E-state index contributed by atoms with van der Waals surface area (Å²) in [7, 11) is 0. The Balaban J connectivity index is 0.000000605. The molecular formula is C6H14O4. The second-order valence-electron chi connectivity index (χ2n) is 2.73. The summed E-state index contributed by atoms with van der Waals surface area (Å²) in [6, 6.07) is 0. The Labute approximate surface area is 61.3 Å². The van der Waals surface area contributed by atoms with Crippen LogP contribution in [-0.4, -0.2) is 47.8 Å². The van der Waals surface area contributed by atoms with Gasteiger partial charge in [0.05, 0.1) is 13.2 Å². The van der Waals surface area contributed by atoms with Crippen LogP contribution in [0.15, 0.2) is 0 Å². The summed E-state index contributed by atoms with van der Waals surface area (Å²) in [6.45, 7) is 0.568. The number of aliphatic hydroxyl groups excluding tert-OH is 2. The second kappa shape index (κ2) is 2.17. The normalized spacial score (nSPS) is 53.4. The first-order valence-corrected chi connectivity index (χ1v) is 3.38. The largest absolute Gasteiger partial charge is 0.388 e. The van der Waals surface area contributed by atoms with E-state index in [-0.39, 0.29) is 28.3 Å². The Kier molecular flexibility index (Phi) is 1.42. The fourth-order valence-corrected chi connectivity index (χ4v) is 1.46. The zero-order valence-electron chi connectivity index (χ0n) is 5.43. The van der Waals surface area contributed by atoms with E-state index in [4.69, 9.17) is 19.7 Å². The maximum Gasteiger partial charge on any atom is 0.114 e. The lowest BCUT2D eigenvalue weighted by Crippen LogP contribution is -2.30. The summed E-state index contributed by atoms with van der Waals surface area (Å²) in [5, 5.41) is 18.3. The lowest BCUT2D eigenvalue weighted by molar-refractivity contribution is 0.00205. The summed E-state index contributed by atoms with van der Waals surface area (Å²) < 4.78 is 10.2. The minimum absolute atomic E-state index is 0. The van der Waals surface area contributed by atoms with Gasteiger partial charge in [0.1, 0.15) is 24.4 Å². The lowest BCUT2D eigenvalue weighted by atomic mass is 10.1. The molecule has 2 fully saturated rings. The van der Waals surface area contributed by atoms with Crippen molar-refractivity contribution in [3.8, 4) is 0 Å². The first kappa shape index (κ1) is 6.54. The van der Waals surface area contributed by atoms with Crippen LogP contribution in [0, 0.1) is 0 Å². The number of hydrogen-bond donors (Lipinski definition) is 2. The van der Waals surface area contributed by atoms with Gasteiger partial charge < -0.3 is 19.7 Å². The zero-order valence-corrected chi connectivity index (χ0v) is 5.43. The maximum absolute atomic E-state index is 9.16. The van der Waals surface area contributed by atoms with E-state index in [2.05, 4.69) is 0 Å². The maximum atomic E-state index is 9.16. The van der Waals surface area contributed by atoms with Gasteiger partial charge in [0.25, 0.3) is 0 Å². The van der Waals surface area contributed by atoms with Crippen molar-refractivity contribution in [1.29, 1.82) is 0 Å². The molecule has 2 heterocycles. The molecule has 0 amide bonds. The van der Waals surface area contributed by atoms with Gasteiger partial charge in [-0.2, -0.15) is 0 Å². The standard InChI is InChI=1S/C6H10O4.2H2/c7-3-1-9-6-4(8)2-10-5(3)6;;/h3-8H,1-2H2;2*1H/t3-,4?,5-,6-;;/m1../s1. The van der Waals surface area contributed by atoms with Gasteiger partial charge >= 0.3 is 0 Å². The molecule has 0 radical (unpaired) electrons. The molecule has 0 aromatic heterocycles. The number of ether oxygens (including phenoxy) is 2. The van der Waals surface area contributed by atoms with E-state index in [1.807, 2.05) is 0 Å². The summed E-state index contributed by atoms with van der Waals surface area (Å²) >= 11 is 0. The topological polar surface area (TPSA) is 58.9 Å². The van der Waals surface area contributed by atoms with E-state index < -0.39 is 12.2 Å². The van der Waals surface area contributed by atoms with E-state index in [9.17, 15) is 0 Å². The molecule has 2 aliphatic heterocycles. The van der Waals surface area contributed by atoms with Gasteiger partial charge in [-0.15, -0.1) is 0 Å². The molecule has 2 saturated heterocycles. The smallest absolute Gasteiger partial charge is 0.114 e. The van der Waals surface area contributed by atoms with E-state index in [1.54, 1.807) is 0 Å². The van der Waals surface area contributed by atoms with Gasteiger partial charge in [0.2, 0.25) is 0 Å². The Morgan fingerprint density at radius 1 is 1.00 bits per heavy atom. The highest BCUT2D eigenvalue weighted by molar-refractivity contribution is 4.93. The van der Waals surface area contributed by atoms with Crippen molar-refractivity contribution >= 4 is 0 Å². The average Bonchev–Trinajstić information content (AvgIpc) is 2.41. The lowest BCUT2D eigenvalue weighted by Gasteiger charge is -2.09. The Morgan fingerprint density at radius 3 is 1.80 bits per heavy atom. The molecule has 0 bridgehead atoms. The van der Waals surface area contributed by atoms with Crippen LogP contribution in [0.2, 0.25) is 0 Å². The Bertz CT molecular complexity index is 130. The van der Waals surface area contributed by atoms with Crippen molar-refractivity contribution in [2.24, 2.45) is 0 Å². The van der Waals surface area contributed by atoms with E-state index in [0.29, 0.717) is 0 Å². The second-order valence-corrected chi connectivity index (χ2v) is 2.73. The molecule has 0 aliphatic carbocycles. The fraction of sp³-hybridized carbons (Fsp3) is 1.00. The van der Waals surface area contributed by atoms with Gasteiger partial charge in [-0.25, -0.2) is 0 Å². The molecular weight excluding hydrogens is 136 g/mol. The molecule has 10 heavy (non-hydrogen) atoms. The van der Waals surface area contributed by atoms with E-state index >= 15 is 0 Å². The molecule has 2 rings (SSSR count). The summed E-state index contributed by atoms with van der Waals surface area (Å²) in [5.74, 6) is 0. The van der Waals surface area contributed by atoms with Crippen LogP contribution in [0.1, 0.15) is 2.85 Å². The van der Waals surface area contributed by atoms with Crippen LogP contribution in [0.5, 0.6) is 0 Å².